The van der Waals surface area contributed by atoms with E-state index in [0.29, 0.717) is 17.7 Å². The second kappa shape index (κ2) is 7.33. The van der Waals surface area contributed by atoms with Crippen LogP contribution in [0.4, 0.5) is 0 Å². The van der Waals surface area contributed by atoms with Crippen molar-refractivity contribution < 1.29 is 19.4 Å². The van der Waals surface area contributed by atoms with Crippen molar-refractivity contribution in [1.29, 1.82) is 0 Å². The molecule has 0 fully saturated rings. The van der Waals surface area contributed by atoms with Gasteiger partial charge in [0.05, 0.1) is 6.61 Å². The molecule has 0 saturated heterocycles. The van der Waals surface area contributed by atoms with Crippen molar-refractivity contribution in [2.45, 2.75) is 23.6 Å². The second-order valence-electron chi connectivity index (χ2n) is 6.56. The number of Topliss-reactive ketones (excluding diaryl/α,β-unsaturated/α-hetero) is 1. The van der Waals surface area contributed by atoms with E-state index < -0.39 is 16.2 Å². The number of fused-ring (bicyclic) bond motifs is 1. The molecule has 0 radical (unpaired) electrons. The number of carbonyl (C=O) groups excluding carboxylic acids is 2. The van der Waals surface area contributed by atoms with E-state index in [1.165, 1.54) is 6.08 Å². The summed E-state index contributed by atoms with van der Waals surface area (Å²) in [5, 5.41) is 9.10. The Balaban J connectivity index is 2.19. The van der Waals surface area contributed by atoms with Gasteiger partial charge in [0.1, 0.15) is 16.7 Å². The lowest BCUT2D eigenvalue weighted by atomic mass is 9.62. The molecule has 136 valence electrons. The number of aliphatic hydroxyl groups excluding tert-OH is 1. The molecule has 3 rings (SSSR count). The molecular weight excluding hydrogens is 396 g/mol. The van der Waals surface area contributed by atoms with Gasteiger partial charge in [-0.05, 0) is 36.6 Å². The number of alkyl halides is 1. The first kappa shape index (κ1) is 18.8. The van der Waals surface area contributed by atoms with Crippen LogP contribution >= 0.6 is 15.9 Å². The molecule has 1 N–H and O–H groups in total. The van der Waals surface area contributed by atoms with Gasteiger partial charge in [0.25, 0.3) is 0 Å². The summed E-state index contributed by atoms with van der Waals surface area (Å²) in [4.78, 5) is 25.8. The minimum absolute atomic E-state index is 0.0143. The molecule has 2 aliphatic rings. The number of rotatable bonds is 5. The highest BCUT2D eigenvalue weighted by molar-refractivity contribution is 9.10. The van der Waals surface area contributed by atoms with Crippen LogP contribution < -0.4 is 4.74 Å². The van der Waals surface area contributed by atoms with Gasteiger partial charge in [-0.15, -0.1) is 0 Å². The van der Waals surface area contributed by atoms with E-state index in [9.17, 15) is 9.59 Å². The lowest BCUT2D eigenvalue weighted by Crippen LogP contribution is -2.53. The molecular formula is C21H21BrO4. The van der Waals surface area contributed by atoms with E-state index in [-0.39, 0.29) is 24.8 Å². The number of ether oxygens (including phenoxy) is 1. The maximum Gasteiger partial charge on any atom is 0.174 e. The zero-order valence-electron chi connectivity index (χ0n) is 14.6. The van der Waals surface area contributed by atoms with E-state index in [4.69, 9.17) is 9.84 Å². The Hall–Kier alpha value is -1.98. The Labute approximate surface area is 161 Å². The molecule has 0 heterocycles. The number of halogens is 1. The van der Waals surface area contributed by atoms with Crippen LogP contribution in [0.1, 0.15) is 24.8 Å². The average Bonchev–Trinajstić information content (AvgIpc) is 2.64. The fourth-order valence-electron chi connectivity index (χ4n) is 3.87. The van der Waals surface area contributed by atoms with Crippen LogP contribution in [0.15, 0.2) is 60.2 Å². The van der Waals surface area contributed by atoms with Crippen molar-refractivity contribution in [3.8, 4) is 5.75 Å². The molecule has 1 aromatic carbocycles. The summed E-state index contributed by atoms with van der Waals surface area (Å²) in [5.74, 6) is -0.423. The lowest BCUT2D eigenvalue weighted by molar-refractivity contribution is -0.128. The van der Waals surface area contributed by atoms with E-state index >= 15 is 0 Å². The van der Waals surface area contributed by atoms with Gasteiger partial charge in [0, 0.05) is 17.4 Å². The van der Waals surface area contributed by atoms with Crippen LogP contribution in [0.2, 0.25) is 0 Å². The van der Waals surface area contributed by atoms with Crippen LogP contribution in [0.3, 0.4) is 0 Å². The maximum atomic E-state index is 13.1. The monoisotopic (exact) mass is 416 g/mol. The Kier molecular flexibility index (Phi) is 5.30. The normalized spacial score (nSPS) is 28.1. The third kappa shape index (κ3) is 2.89. The minimum Gasteiger partial charge on any atom is -0.491 e. The Morgan fingerprint density at radius 3 is 2.81 bits per heavy atom. The SMILES string of the molecule is C=CC1=CC[C@H]2C(=O)C(C)=CC(=O)[C@@]2(Br)[C@H]1c1ccccc1OCCO. The van der Waals surface area contributed by atoms with Crippen molar-refractivity contribution in [1.82, 2.24) is 0 Å². The predicted octanol–water partition coefficient (Wildman–Crippen LogP) is 3.51. The van der Waals surface area contributed by atoms with Gasteiger partial charge in [0.2, 0.25) is 0 Å². The molecule has 26 heavy (non-hydrogen) atoms. The van der Waals surface area contributed by atoms with Crippen LogP contribution in [0.5, 0.6) is 5.75 Å². The average molecular weight is 417 g/mol. The standard InChI is InChI=1S/C21H21BrO4/c1-3-14-8-9-16-20(25)13(2)12-18(24)21(16,22)19(14)15-6-4-5-7-17(15)26-11-10-23/h3-8,12,16,19,23H,1,9-11H2,2H3/t16-,19+,21+/m0/s1. The van der Waals surface area contributed by atoms with E-state index in [0.717, 1.165) is 11.1 Å². The molecule has 1 aromatic rings. The van der Waals surface area contributed by atoms with Crippen LogP contribution in [-0.4, -0.2) is 34.2 Å². The summed E-state index contributed by atoms with van der Waals surface area (Å²) in [5.41, 5.74) is 2.17. The summed E-state index contributed by atoms with van der Waals surface area (Å²) in [6, 6.07) is 7.41. The van der Waals surface area contributed by atoms with E-state index in [2.05, 4.69) is 22.5 Å². The number of hydrogen-bond acceptors (Lipinski definition) is 4. The number of ketones is 2. The number of hydrogen-bond donors (Lipinski definition) is 1. The molecule has 0 saturated carbocycles. The summed E-state index contributed by atoms with van der Waals surface area (Å²) in [7, 11) is 0. The van der Waals surface area contributed by atoms with Gasteiger partial charge in [0.15, 0.2) is 11.6 Å². The van der Waals surface area contributed by atoms with Crippen molar-refractivity contribution >= 4 is 27.5 Å². The summed E-state index contributed by atoms with van der Waals surface area (Å²) in [6.45, 7) is 5.63. The molecule has 0 bridgehead atoms. The molecule has 5 heteroatoms. The van der Waals surface area contributed by atoms with Gasteiger partial charge in [-0.1, -0.05) is 52.9 Å². The molecule has 3 atom stereocenters. The number of para-hydroxylation sites is 1. The fraction of sp³-hybridized carbons (Fsp3) is 0.333. The van der Waals surface area contributed by atoms with Gasteiger partial charge in [-0.3, -0.25) is 9.59 Å². The first-order chi connectivity index (χ1) is 12.4. The number of benzene rings is 1. The highest BCUT2D eigenvalue weighted by Crippen LogP contribution is 2.55. The molecule has 0 unspecified atom stereocenters. The van der Waals surface area contributed by atoms with Gasteiger partial charge >= 0.3 is 0 Å². The molecule has 0 spiro atoms. The molecule has 0 aromatic heterocycles. The van der Waals surface area contributed by atoms with Crippen molar-refractivity contribution in [2.75, 3.05) is 13.2 Å². The Morgan fingerprint density at radius 2 is 2.12 bits per heavy atom. The maximum absolute atomic E-state index is 13.1. The summed E-state index contributed by atoms with van der Waals surface area (Å²) < 4.78 is 4.63. The van der Waals surface area contributed by atoms with Crippen molar-refractivity contribution in [3.63, 3.8) is 0 Å². The zero-order chi connectivity index (χ0) is 18.9. The number of carbonyl (C=O) groups is 2. The van der Waals surface area contributed by atoms with Crippen LogP contribution in [-0.2, 0) is 9.59 Å². The Morgan fingerprint density at radius 1 is 1.38 bits per heavy atom. The zero-order valence-corrected chi connectivity index (χ0v) is 16.2. The smallest absolute Gasteiger partial charge is 0.174 e. The molecule has 0 aliphatic heterocycles. The van der Waals surface area contributed by atoms with Gasteiger partial charge < -0.3 is 9.84 Å². The largest absolute Gasteiger partial charge is 0.491 e. The summed E-state index contributed by atoms with van der Waals surface area (Å²) >= 11 is 3.68. The first-order valence-corrected chi connectivity index (χ1v) is 9.35. The van der Waals surface area contributed by atoms with Gasteiger partial charge in [-0.25, -0.2) is 0 Å². The Bertz CT molecular complexity index is 823. The number of allylic oxidation sites excluding steroid dienone is 5. The molecule has 4 nitrogen and oxygen atoms in total. The lowest BCUT2D eigenvalue weighted by Gasteiger charge is -2.45. The van der Waals surface area contributed by atoms with Gasteiger partial charge in [-0.2, -0.15) is 0 Å². The fourth-order valence-corrected chi connectivity index (χ4v) is 4.89. The van der Waals surface area contributed by atoms with Crippen molar-refractivity contribution in [2.24, 2.45) is 5.92 Å². The third-order valence-electron chi connectivity index (χ3n) is 5.09. The minimum atomic E-state index is -1.07. The number of aliphatic hydroxyl groups is 1. The van der Waals surface area contributed by atoms with Crippen LogP contribution in [0.25, 0.3) is 0 Å². The van der Waals surface area contributed by atoms with E-state index in [1.54, 1.807) is 13.0 Å². The molecule has 2 aliphatic carbocycles. The molecule has 0 amide bonds. The highest BCUT2D eigenvalue weighted by Gasteiger charge is 2.56. The summed E-state index contributed by atoms with van der Waals surface area (Å²) in [6.07, 6.45) is 5.63. The van der Waals surface area contributed by atoms with Crippen LogP contribution in [0, 0.1) is 5.92 Å². The topological polar surface area (TPSA) is 63.6 Å². The van der Waals surface area contributed by atoms with Crippen molar-refractivity contribution in [3.05, 3.63) is 65.8 Å². The predicted molar refractivity (Wildman–Crippen MR) is 104 cm³/mol. The highest BCUT2D eigenvalue weighted by atomic mass is 79.9. The second-order valence-corrected chi connectivity index (χ2v) is 7.88. The third-order valence-corrected chi connectivity index (χ3v) is 6.50. The first-order valence-electron chi connectivity index (χ1n) is 8.56. The van der Waals surface area contributed by atoms with E-state index in [1.807, 2.05) is 30.3 Å². The quantitative estimate of drug-likeness (QED) is 0.745.